The van der Waals surface area contributed by atoms with Crippen LogP contribution in [0.3, 0.4) is 0 Å². The van der Waals surface area contributed by atoms with Gasteiger partial charge in [-0.05, 0) is 35.8 Å². The van der Waals surface area contributed by atoms with Crippen LogP contribution in [0.4, 0.5) is 0 Å². The molecule has 4 aromatic rings. The van der Waals surface area contributed by atoms with Crippen LogP contribution in [0.2, 0.25) is 0 Å². The minimum Gasteiger partial charge on any atom is -0.423 e. The van der Waals surface area contributed by atoms with Gasteiger partial charge in [-0.3, -0.25) is 4.79 Å². The maximum atomic E-state index is 12.4. The van der Waals surface area contributed by atoms with Crippen molar-refractivity contribution in [1.82, 2.24) is 0 Å². The molecule has 28 heavy (non-hydrogen) atoms. The quantitative estimate of drug-likeness (QED) is 0.266. The fourth-order valence-corrected chi connectivity index (χ4v) is 3.11. The molecule has 0 aliphatic heterocycles. The Balaban J connectivity index is 1.62. The van der Waals surface area contributed by atoms with Gasteiger partial charge in [0.15, 0.2) is 5.78 Å². The Morgan fingerprint density at radius 1 is 0.893 bits per heavy atom. The maximum Gasteiger partial charge on any atom is 0.336 e. The van der Waals surface area contributed by atoms with E-state index in [2.05, 4.69) is 0 Å². The lowest BCUT2D eigenvalue weighted by Crippen LogP contribution is -1.98. The van der Waals surface area contributed by atoms with E-state index in [-0.39, 0.29) is 5.78 Å². The lowest BCUT2D eigenvalue weighted by molar-refractivity contribution is 0.104. The molecule has 3 heteroatoms. The summed E-state index contributed by atoms with van der Waals surface area (Å²) in [6, 6.07) is 24.2. The zero-order valence-corrected chi connectivity index (χ0v) is 15.4. The molecule has 0 bridgehead atoms. The molecule has 0 unspecified atom stereocenters. The molecule has 136 valence electrons. The number of ketones is 1. The van der Waals surface area contributed by atoms with E-state index in [0.717, 1.165) is 22.1 Å². The van der Waals surface area contributed by atoms with Crippen molar-refractivity contribution < 1.29 is 9.21 Å². The van der Waals surface area contributed by atoms with Gasteiger partial charge in [-0.25, -0.2) is 4.79 Å². The highest BCUT2D eigenvalue weighted by Crippen LogP contribution is 2.27. The van der Waals surface area contributed by atoms with Crippen LogP contribution in [-0.2, 0) is 0 Å². The Hall–Kier alpha value is -3.72. The van der Waals surface area contributed by atoms with Crippen molar-refractivity contribution in [2.24, 2.45) is 0 Å². The fourth-order valence-electron chi connectivity index (χ4n) is 3.11. The Morgan fingerprint density at radius 2 is 1.61 bits per heavy atom. The number of carbonyl (C=O) groups excluding carboxylic acids is 1. The van der Waals surface area contributed by atoms with Gasteiger partial charge in [-0.1, -0.05) is 78.4 Å². The Bertz CT molecular complexity index is 1230. The van der Waals surface area contributed by atoms with E-state index < -0.39 is 5.63 Å². The van der Waals surface area contributed by atoms with Crippen LogP contribution in [0.1, 0.15) is 21.5 Å². The number of allylic oxidation sites excluding steroid dienone is 1. The second-order valence-electron chi connectivity index (χ2n) is 6.66. The van der Waals surface area contributed by atoms with Crippen LogP contribution in [0.15, 0.2) is 94.2 Å². The van der Waals surface area contributed by atoms with Gasteiger partial charge >= 0.3 is 5.63 Å². The monoisotopic (exact) mass is 366 g/mol. The van der Waals surface area contributed by atoms with Crippen molar-refractivity contribution in [2.45, 2.75) is 6.92 Å². The average Bonchev–Trinajstić information content (AvgIpc) is 2.72. The van der Waals surface area contributed by atoms with E-state index in [4.69, 9.17) is 4.42 Å². The molecule has 1 aromatic heterocycles. The molecule has 0 fully saturated rings. The molecule has 0 aliphatic carbocycles. The van der Waals surface area contributed by atoms with Crippen molar-refractivity contribution in [3.63, 3.8) is 0 Å². The van der Waals surface area contributed by atoms with Gasteiger partial charge in [-0.2, -0.15) is 0 Å². The number of para-hydroxylation sites is 1. The lowest BCUT2D eigenvalue weighted by Gasteiger charge is -2.06. The number of hydrogen-bond donors (Lipinski definition) is 0. The summed E-state index contributed by atoms with van der Waals surface area (Å²) in [6.07, 6.45) is 3.39. The Labute approximate surface area is 162 Å². The molecule has 0 amide bonds. The summed E-state index contributed by atoms with van der Waals surface area (Å²) in [4.78, 5) is 24.3. The highest BCUT2D eigenvalue weighted by atomic mass is 16.4. The summed E-state index contributed by atoms with van der Waals surface area (Å²) in [5.74, 6) is -0.0652. The Kier molecular flexibility index (Phi) is 4.73. The lowest BCUT2D eigenvalue weighted by atomic mass is 9.99. The zero-order valence-electron chi connectivity index (χ0n) is 15.4. The zero-order chi connectivity index (χ0) is 19.5. The first-order chi connectivity index (χ1) is 13.6. The first-order valence-corrected chi connectivity index (χ1v) is 9.02. The first-order valence-electron chi connectivity index (χ1n) is 9.02. The standard InChI is InChI=1S/C25H18O3/c1-17-6-8-18(9-7-17)10-15-23(26)20-13-11-19(12-14-20)22-16-25(27)28-24-5-3-2-4-21(22)24/h2-16H,1H3. The third-order valence-corrected chi connectivity index (χ3v) is 4.63. The molecule has 0 saturated heterocycles. The summed E-state index contributed by atoms with van der Waals surface area (Å²) in [6.45, 7) is 2.03. The van der Waals surface area contributed by atoms with E-state index in [1.165, 1.54) is 11.6 Å². The van der Waals surface area contributed by atoms with Crippen molar-refractivity contribution in [1.29, 1.82) is 0 Å². The summed E-state index contributed by atoms with van der Waals surface area (Å²) in [7, 11) is 0. The molecule has 0 N–H and O–H groups in total. The van der Waals surface area contributed by atoms with E-state index in [9.17, 15) is 9.59 Å². The highest BCUT2D eigenvalue weighted by molar-refractivity contribution is 6.07. The number of hydrogen-bond acceptors (Lipinski definition) is 3. The van der Waals surface area contributed by atoms with Gasteiger partial charge < -0.3 is 4.42 Å². The molecule has 3 nitrogen and oxygen atoms in total. The van der Waals surface area contributed by atoms with Crippen molar-refractivity contribution in [2.75, 3.05) is 0 Å². The minimum atomic E-state index is -0.394. The summed E-state index contributed by atoms with van der Waals surface area (Å²) in [5, 5.41) is 0.862. The molecule has 1 heterocycles. The van der Waals surface area contributed by atoms with Crippen LogP contribution in [0.25, 0.3) is 28.2 Å². The second-order valence-corrected chi connectivity index (χ2v) is 6.66. The van der Waals surface area contributed by atoms with Gasteiger partial charge in [0.2, 0.25) is 0 Å². The molecule has 0 aliphatic rings. The Morgan fingerprint density at radius 3 is 2.36 bits per heavy atom. The second kappa shape index (κ2) is 7.49. The molecule has 0 spiro atoms. The van der Waals surface area contributed by atoms with Gasteiger partial charge in [-0.15, -0.1) is 0 Å². The van der Waals surface area contributed by atoms with Crippen LogP contribution in [0.5, 0.6) is 0 Å². The fraction of sp³-hybridized carbons (Fsp3) is 0.0400. The third-order valence-electron chi connectivity index (χ3n) is 4.63. The third kappa shape index (κ3) is 3.69. The number of rotatable bonds is 4. The molecular formula is C25H18O3. The number of aryl methyl sites for hydroxylation is 1. The molecule has 0 radical (unpaired) electrons. The van der Waals surface area contributed by atoms with Gasteiger partial charge in [0.25, 0.3) is 0 Å². The molecule has 4 rings (SSSR count). The van der Waals surface area contributed by atoms with Crippen molar-refractivity contribution >= 4 is 22.8 Å². The summed E-state index contributed by atoms with van der Waals surface area (Å²) in [5.41, 5.74) is 4.57. The van der Waals surface area contributed by atoms with Crippen LogP contribution < -0.4 is 5.63 Å². The van der Waals surface area contributed by atoms with Gasteiger partial charge in [0.1, 0.15) is 5.58 Å². The smallest absolute Gasteiger partial charge is 0.336 e. The van der Waals surface area contributed by atoms with E-state index in [1.807, 2.05) is 67.6 Å². The maximum absolute atomic E-state index is 12.4. The van der Waals surface area contributed by atoms with E-state index >= 15 is 0 Å². The summed E-state index contributed by atoms with van der Waals surface area (Å²) < 4.78 is 5.25. The highest BCUT2D eigenvalue weighted by Gasteiger charge is 2.08. The average molecular weight is 366 g/mol. The molecule has 0 atom stereocenters. The number of carbonyl (C=O) groups is 1. The molecule has 0 saturated carbocycles. The van der Waals surface area contributed by atoms with Crippen LogP contribution in [-0.4, -0.2) is 5.78 Å². The van der Waals surface area contributed by atoms with Crippen molar-refractivity contribution in [3.05, 3.63) is 112 Å². The van der Waals surface area contributed by atoms with Gasteiger partial charge in [0.05, 0.1) is 0 Å². The molecular weight excluding hydrogens is 348 g/mol. The SMILES string of the molecule is Cc1ccc(C=CC(=O)c2ccc(-c3cc(=O)oc4ccccc34)cc2)cc1. The minimum absolute atomic E-state index is 0.0652. The van der Waals surface area contributed by atoms with Crippen LogP contribution in [0, 0.1) is 6.92 Å². The van der Waals surface area contributed by atoms with E-state index in [0.29, 0.717) is 11.1 Å². The largest absolute Gasteiger partial charge is 0.423 e. The predicted octanol–water partition coefficient (Wildman–Crippen LogP) is 5.66. The van der Waals surface area contributed by atoms with Crippen LogP contribution >= 0.6 is 0 Å². The first kappa shape index (κ1) is 17.7. The summed E-state index contributed by atoms with van der Waals surface area (Å²) >= 11 is 0. The normalized spacial score (nSPS) is 11.2. The molecule has 3 aromatic carbocycles. The van der Waals surface area contributed by atoms with E-state index in [1.54, 1.807) is 24.3 Å². The number of fused-ring (bicyclic) bond motifs is 1. The van der Waals surface area contributed by atoms with Crippen molar-refractivity contribution in [3.8, 4) is 11.1 Å². The predicted molar refractivity (Wildman–Crippen MR) is 112 cm³/mol. The number of benzene rings is 3. The topological polar surface area (TPSA) is 47.3 Å². The van der Waals surface area contributed by atoms with Gasteiger partial charge in [0, 0.05) is 17.0 Å².